The van der Waals surface area contributed by atoms with E-state index in [0.29, 0.717) is 10.6 Å². The van der Waals surface area contributed by atoms with E-state index < -0.39 is 16.1 Å². The van der Waals surface area contributed by atoms with Crippen molar-refractivity contribution in [3.05, 3.63) is 28.8 Å². The number of sulfonamides is 1. The highest BCUT2D eigenvalue weighted by molar-refractivity contribution is 7.89. The van der Waals surface area contributed by atoms with Gasteiger partial charge in [0, 0.05) is 25.7 Å². The van der Waals surface area contributed by atoms with E-state index in [0.717, 1.165) is 4.31 Å². The molecule has 0 aliphatic heterocycles. The third-order valence-electron chi connectivity index (χ3n) is 2.73. The molecule has 0 radical (unpaired) electrons. The fourth-order valence-electron chi connectivity index (χ4n) is 1.68. The molecule has 1 aromatic carbocycles. The summed E-state index contributed by atoms with van der Waals surface area (Å²) in [7, 11) is -0.818. The van der Waals surface area contributed by atoms with Gasteiger partial charge in [0.25, 0.3) is 0 Å². The molecule has 1 atom stereocenters. The Morgan fingerprint density at radius 3 is 2.68 bits per heavy atom. The van der Waals surface area contributed by atoms with Crippen LogP contribution in [-0.4, -0.2) is 51.2 Å². The molecule has 0 heterocycles. The highest BCUT2D eigenvalue weighted by Crippen LogP contribution is 2.24. The first-order chi connectivity index (χ1) is 8.80. The predicted octanol–water partition coefficient (Wildman–Crippen LogP) is 1.28. The van der Waals surface area contributed by atoms with Crippen molar-refractivity contribution < 1.29 is 18.3 Å². The van der Waals surface area contributed by atoms with Crippen molar-refractivity contribution in [3.8, 4) is 0 Å². The van der Waals surface area contributed by atoms with E-state index >= 15 is 0 Å². The SMILES string of the molecule is COCC(O)CN(C)S(=O)(=O)c1cccc(Cl)c1C. The third-order valence-corrected chi connectivity index (χ3v) is 5.11. The highest BCUT2D eigenvalue weighted by Gasteiger charge is 2.25. The van der Waals surface area contributed by atoms with Crippen molar-refractivity contribution in [3.63, 3.8) is 0 Å². The van der Waals surface area contributed by atoms with Gasteiger partial charge < -0.3 is 9.84 Å². The first kappa shape index (κ1) is 16.4. The summed E-state index contributed by atoms with van der Waals surface area (Å²) in [6.07, 6.45) is -0.871. The Labute approximate surface area is 118 Å². The fraction of sp³-hybridized carbons (Fsp3) is 0.500. The molecule has 5 nitrogen and oxygen atoms in total. The fourth-order valence-corrected chi connectivity index (χ4v) is 3.36. The highest BCUT2D eigenvalue weighted by atomic mass is 35.5. The van der Waals surface area contributed by atoms with Gasteiger partial charge in [-0.25, -0.2) is 8.42 Å². The van der Waals surface area contributed by atoms with Gasteiger partial charge in [0.15, 0.2) is 0 Å². The quantitative estimate of drug-likeness (QED) is 0.859. The van der Waals surface area contributed by atoms with Crippen LogP contribution in [0.2, 0.25) is 5.02 Å². The average Bonchev–Trinajstić information content (AvgIpc) is 2.32. The molecular weight excluding hydrogens is 290 g/mol. The van der Waals surface area contributed by atoms with Crippen molar-refractivity contribution >= 4 is 21.6 Å². The third kappa shape index (κ3) is 3.90. The lowest BCUT2D eigenvalue weighted by atomic mass is 10.2. The number of hydrogen-bond acceptors (Lipinski definition) is 4. The lowest BCUT2D eigenvalue weighted by molar-refractivity contribution is 0.0554. The number of methoxy groups -OCH3 is 1. The molecule has 0 spiro atoms. The molecule has 7 heteroatoms. The average molecular weight is 308 g/mol. The number of hydrogen-bond donors (Lipinski definition) is 1. The maximum Gasteiger partial charge on any atom is 0.243 e. The minimum Gasteiger partial charge on any atom is -0.389 e. The first-order valence-corrected chi connectivity index (χ1v) is 7.51. The van der Waals surface area contributed by atoms with E-state index in [-0.39, 0.29) is 18.0 Å². The van der Waals surface area contributed by atoms with Crippen LogP contribution in [-0.2, 0) is 14.8 Å². The molecule has 108 valence electrons. The number of benzene rings is 1. The predicted molar refractivity (Wildman–Crippen MR) is 73.9 cm³/mol. The molecule has 0 aromatic heterocycles. The molecule has 1 unspecified atom stereocenters. The molecule has 1 aromatic rings. The van der Waals surface area contributed by atoms with Crippen molar-refractivity contribution in [2.45, 2.75) is 17.9 Å². The molecule has 0 saturated carbocycles. The normalized spacial score (nSPS) is 13.8. The molecular formula is C12H18ClNO4S. The van der Waals surface area contributed by atoms with Crippen LogP contribution >= 0.6 is 11.6 Å². The second kappa shape index (κ2) is 6.67. The zero-order valence-electron chi connectivity index (χ0n) is 11.1. The summed E-state index contributed by atoms with van der Waals surface area (Å²) in [4.78, 5) is 0.145. The Kier molecular flexibility index (Phi) is 5.76. The molecule has 1 rings (SSSR count). The van der Waals surface area contributed by atoms with E-state index in [2.05, 4.69) is 0 Å². The van der Waals surface area contributed by atoms with Crippen molar-refractivity contribution in [2.24, 2.45) is 0 Å². The summed E-state index contributed by atoms with van der Waals surface area (Å²) in [6, 6.07) is 4.72. The minimum atomic E-state index is -3.67. The lowest BCUT2D eigenvalue weighted by Crippen LogP contribution is -2.36. The van der Waals surface area contributed by atoms with Crippen LogP contribution in [0.25, 0.3) is 0 Å². The Bertz CT molecular complexity index is 533. The van der Waals surface area contributed by atoms with Gasteiger partial charge in [0.1, 0.15) is 0 Å². The van der Waals surface area contributed by atoms with Gasteiger partial charge in [-0.1, -0.05) is 17.7 Å². The Hall–Kier alpha value is -0.660. The van der Waals surface area contributed by atoms with E-state index in [1.165, 1.54) is 20.2 Å². The van der Waals surface area contributed by atoms with Crippen LogP contribution in [0.15, 0.2) is 23.1 Å². The zero-order valence-corrected chi connectivity index (χ0v) is 12.7. The molecule has 1 N–H and O–H groups in total. The number of likely N-dealkylation sites (N-methyl/N-ethyl adjacent to an activating group) is 1. The van der Waals surface area contributed by atoms with E-state index in [1.807, 2.05) is 0 Å². The zero-order chi connectivity index (χ0) is 14.6. The van der Waals surface area contributed by atoms with Crippen molar-refractivity contribution in [2.75, 3.05) is 27.3 Å². The van der Waals surface area contributed by atoms with Gasteiger partial charge in [-0.2, -0.15) is 4.31 Å². The monoisotopic (exact) mass is 307 g/mol. The van der Waals surface area contributed by atoms with E-state index in [9.17, 15) is 13.5 Å². The van der Waals surface area contributed by atoms with Crippen molar-refractivity contribution in [1.82, 2.24) is 4.31 Å². The van der Waals surface area contributed by atoms with Gasteiger partial charge in [0.2, 0.25) is 10.0 Å². The second-order valence-electron chi connectivity index (χ2n) is 4.26. The molecule has 19 heavy (non-hydrogen) atoms. The number of nitrogens with zero attached hydrogens (tertiary/aromatic N) is 1. The molecule has 0 aliphatic rings. The van der Waals surface area contributed by atoms with Crippen LogP contribution in [0.1, 0.15) is 5.56 Å². The smallest absolute Gasteiger partial charge is 0.243 e. The van der Waals surface area contributed by atoms with Gasteiger partial charge in [-0.05, 0) is 24.6 Å². The number of aliphatic hydroxyl groups is 1. The van der Waals surface area contributed by atoms with Crippen LogP contribution in [0.3, 0.4) is 0 Å². The van der Waals surface area contributed by atoms with Crippen molar-refractivity contribution in [1.29, 1.82) is 0 Å². The first-order valence-electron chi connectivity index (χ1n) is 5.69. The minimum absolute atomic E-state index is 0.0396. The standard InChI is InChI=1S/C12H18ClNO4S/c1-9-11(13)5-4-6-12(9)19(16,17)14(2)7-10(15)8-18-3/h4-6,10,15H,7-8H2,1-3H3. The molecule has 0 saturated heterocycles. The summed E-state index contributed by atoms with van der Waals surface area (Å²) in [6.45, 7) is 1.69. The molecule has 0 amide bonds. The number of halogens is 1. The Morgan fingerprint density at radius 2 is 2.11 bits per heavy atom. The largest absolute Gasteiger partial charge is 0.389 e. The maximum atomic E-state index is 12.4. The van der Waals surface area contributed by atoms with Crippen LogP contribution in [0.4, 0.5) is 0 Å². The van der Waals surface area contributed by atoms with Gasteiger partial charge >= 0.3 is 0 Å². The van der Waals surface area contributed by atoms with E-state index in [4.69, 9.17) is 16.3 Å². The van der Waals surface area contributed by atoms with Crippen LogP contribution in [0, 0.1) is 6.92 Å². The summed E-state index contributed by atoms with van der Waals surface area (Å²) in [5.41, 5.74) is 0.497. The lowest BCUT2D eigenvalue weighted by Gasteiger charge is -2.21. The number of aliphatic hydroxyl groups excluding tert-OH is 1. The van der Waals surface area contributed by atoms with Gasteiger partial charge in [0.05, 0.1) is 17.6 Å². The Morgan fingerprint density at radius 1 is 1.47 bits per heavy atom. The summed E-state index contributed by atoms with van der Waals surface area (Å²) < 4.78 is 30.6. The number of rotatable bonds is 6. The molecule has 0 fully saturated rings. The second-order valence-corrected chi connectivity index (χ2v) is 6.68. The topological polar surface area (TPSA) is 66.8 Å². The molecule has 0 bridgehead atoms. The van der Waals surface area contributed by atoms with Gasteiger partial charge in [-0.15, -0.1) is 0 Å². The van der Waals surface area contributed by atoms with Crippen LogP contribution < -0.4 is 0 Å². The van der Waals surface area contributed by atoms with Crippen LogP contribution in [0.5, 0.6) is 0 Å². The van der Waals surface area contributed by atoms with E-state index in [1.54, 1.807) is 19.1 Å². The summed E-state index contributed by atoms with van der Waals surface area (Å²) >= 11 is 5.93. The summed E-state index contributed by atoms with van der Waals surface area (Å²) in [5, 5.41) is 9.99. The molecule has 0 aliphatic carbocycles. The van der Waals surface area contributed by atoms with Gasteiger partial charge in [-0.3, -0.25) is 0 Å². The maximum absolute atomic E-state index is 12.4. The number of ether oxygens (including phenoxy) is 1. The summed E-state index contributed by atoms with van der Waals surface area (Å²) in [5.74, 6) is 0. The Balaban J connectivity index is 3.00.